The van der Waals surface area contributed by atoms with E-state index in [-0.39, 0.29) is 11.5 Å². The van der Waals surface area contributed by atoms with Gasteiger partial charge in [0, 0.05) is 13.0 Å². The maximum absolute atomic E-state index is 10.5. The molecule has 3 rings (SSSR count). The second kappa shape index (κ2) is 5.29. The van der Waals surface area contributed by atoms with Gasteiger partial charge >= 0.3 is 0 Å². The van der Waals surface area contributed by atoms with E-state index in [1.54, 1.807) is 0 Å². The average Bonchev–Trinajstić information content (AvgIpc) is 3.07. The maximum Gasteiger partial charge on any atom is 0.132 e. The van der Waals surface area contributed by atoms with Crippen LogP contribution in [0, 0.1) is 5.92 Å². The number of aliphatic hydroxyl groups is 1. The summed E-state index contributed by atoms with van der Waals surface area (Å²) in [7, 11) is 0. The van der Waals surface area contributed by atoms with Crippen LogP contribution in [0.15, 0.2) is 16.5 Å². The molecule has 1 saturated heterocycles. The quantitative estimate of drug-likeness (QED) is 0.906. The van der Waals surface area contributed by atoms with Gasteiger partial charge in [0.25, 0.3) is 0 Å². The zero-order valence-corrected chi connectivity index (χ0v) is 11.7. The normalized spacial score (nSPS) is 27.8. The summed E-state index contributed by atoms with van der Waals surface area (Å²) in [5.74, 6) is 1.97. The van der Waals surface area contributed by atoms with Crippen molar-refractivity contribution in [3.8, 4) is 0 Å². The van der Waals surface area contributed by atoms with Crippen LogP contribution in [0.2, 0.25) is 0 Å². The fraction of sp³-hybridized carbons (Fsp3) is 0.750. The van der Waals surface area contributed by atoms with Crippen LogP contribution in [0.3, 0.4) is 0 Å². The topological polar surface area (TPSA) is 42.6 Å². The number of hydrogen-bond donors (Lipinski definition) is 1. The molecule has 3 heteroatoms. The third kappa shape index (κ3) is 2.59. The van der Waals surface area contributed by atoms with Crippen LogP contribution < -0.4 is 0 Å². The van der Waals surface area contributed by atoms with E-state index in [1.807, 2.05) is 12.1 Å². The highest BCUT2D eigenvalue weighted by Crippen LogP contribution is 2.45. The van der Waals surface area contributed by atoms with E-state index in [9.17, 15) is 5.11 Å². The van der Waals surface area contributed by atoms with Gasteiger partial charge in [0.15, 0.2) is 0 Å². The summed E-state index contributed by atoms with van der Waals surface area (Å²) in [4.78, 5) is 0. The van der Waals surface area contributed by atoms with E-state index in [2.05, 4.69) is 6.92 Å². The first kappa shape index (κ1) is 13.2. The standard InChI is InChI=1S/C16H24O3/c1-2-13-5-6-14(19-13)15(17)12-7-10-18-16(11-12)8-3-4-9-16/h5-6,12,15,17H,2-4,7-11H2,1H3. The number of aryl methyl sites for hydroxylation is 1. The zero-order chi connectivity index (χ0) is 13.3. The van der Waals surface area contributed by atoms with Crippen LogP contribution in [-0.2, 0) is 11.2 Å². The van der Waals surface area contributed by atoms with Gasteiger partial charge in [-0.1, -0.05) is 19.8 Å². The third-order valence-electron chi connectivity index (χ3n) is 4.81. The van der Waals surface area contributed by atoms with Crippen LogP contribution >= 0.6 is 0 Å². The Morgan fingerprint density at radius 1 is 1.37 bits per heavy atom. The molecule has 1 aromatic heterocycles. The number of hydrogen-bond acceptors (Lipinski definition) is 3. The SMILES string of the molecule is CCc1ccc(C(O)C2CCOC3(CCCC3)C2)o1. The monoisotopic (exact) mass is 264 g/mol. The zero-order valence-electron chi connectivity index (χ0n) is 11.7. The van der Waals surface area contributed by atoms with Gasteiger partial charge in [0.2, 0.25) is 0 Å². The highest BCUT2D eigenvalue weighted by molar-refractivity contribution is 5.11. The Bertz CT molecular complexity index is 417. The molecular weight excluding hydrogens is 240 g/mol. The van der Waals surface area contributed by atoms with Crippen LogP contribution in [0.1, 0.15) is 63.1 Å². The van der Waals surface area contributed by atoms with Gasteiger partial charge in [-0.2, -0.15) is 0 Å². The molecule has 1 aromatic rings. The number of aliphatic hydroxyl groups excluding tert-OH is 1. The summed E-state index contributed by atoms with van der Waals surface area (Å²) in [5, 5.41) is 10.5. The summed E-state index contributed by atoms with van der Waals surface area (Å²) >= 11 is 0. The van der Waals surface area contributed by atoms with Crippen LogP contribution in [0.5, 0.6) is 0 Å². The predicted molar refractivity (Wildman–Crippen MR) is 72.9 cm³/mol. The lowest BCUT2D eigenvalue weighted by Gasteiger charge is -2.39. The lowest BCUT2D eigenvalue weighted by Crippen LogP contribution is -2.39. The first-order valence-corrected chi connectivity index (χ1v) is 7.63. The number of rotatable bonds is 3. The summed E-state index contributed by atoms with van der Waals surface area (Å²) in [6.07, 6.45) is 7.18. The van der Waals surface area contributed by atoms with Crippen molar-refractivity contribution in [1.29, 1.82) is 0 Å². The number of ether oxygens (including phenoxy) is 1. The number of furan rings is 1. The minimum Gasteiger partial charge on any atom is -0.463 e. The van der Waals surface area contributed by atoms with Crippen molar-refractivity contribution in [1.82, 2.24) is 0 Å². The van der Waals surface area contributed by atoms with E-state index < -0.39 is 6.10 Å². The van der Waals surface area contributed by atoms with E-state index >= 15 is 0 Å². The fourth-order valence-corrected chi connectivity index (χ4v) is 3.68. The fourth-order valence-electron chi connectivity index (χ4n) is 3.68. The molecule has 19 heavy (non-hydrogen) atoms. The molecule has 2 aliphatic rings. The van der Waals surface area contributed by atoms with E-state index in [4.69, 9.17) is 9.15 Å². The average molecular weight is 264 g/mol. The molecule has 2 heterocycles. The molecule has 106 valence electrons. The Balaban J connectivity index is 1.70. The van der Waals surface area contributed by atoms with Crippen molar-refractivity contribution in [2.45, 2.75) is 63.6 Å². The van der Waals surface area contributed by atoms with Crippen LogP contribution in [-0.4, -0.2) is 17.3 Å². The second-order valence-corrected chi connectivity index (χ2v) is 6.09. The highest BCUT2D eigenvalue weighted by atomic mass is 16.5. The van der Waals surface area contributed by atoms with Gasteiger partial charge < -0.3 is 14.3 Å². The first-order chi connectivity index (χ1) is 9.22. The molecule has 2 fully saturated rings. The summed E-state index contributed by atoms with van der Waals surface area (Å²) in [6, 6.07) is 3.91. The molecular formula is C16H24O3. The van der Waals surface area contributed by atoms with Gasteiger partial charge in [-0.3, -0.25) is 0 Å². The maximum atomic E-state index is 10.5. The lowest BCUT2D eigenvalue weighted by atomic mass is 9.81. The van der Waals surface area contributed by atoms with Crippen LogP contribution in [0.25, 0.3) is 0 Å². The van der Waals surface area contributed by atoms with Gasteiger partial charge in [0.05, 0.1) is 5.60 Å². The largest absolute Gasteiger partial charge is 0.463 e. The van der Waals surface area contributed by atoms with Crippen molar-refractivity contribution >= 4 is 0 Å². The molecule has 2 unspecified atom stereocenters. The summed E-state index contributed by atoms with van der Waals surface area (Å²) in [5.41, 5.74) is 0.0596. The van der Waals surface area contributed by atoms with Crippen molar-refractivity contribution in [2.24, 2.45) is 5.92 Å². The molecule has 1 saturated carbocycles. The first-order valence-electron chi connectivity index (χ1n) is 7.63. The third-order valence-corrected chi connectivity index (χ3v) is 4.81. The molecule has 0 radical (unpaired) electrons. The van der Waals surface area contributed by atoms with Crippen LogP contribution in [0.4, 0.5) is 0 Å². The highest BCUT2D eigenvalue weighted by Gasteiger charge is 2.42. The van der Waals surface area contributed by atoms with Crippen molar-refractivity contribution in [3.63, 3.8) is 0 Å². The lowest BCUT2D eigenvalue weighted by molar-refractivity contribution is -0.115. The molecule has 1 N–H and O–H groups in total. The Hall–Kier alpha value is -0.800. The van der Waals surface area contributed by atoms with E-state index in [0.29, 0.717) is 0 Å². The van der Waals surface area contributed by atoms with Gasteiger partial charge in [-0.15, -0.1) is 0 Å². The molecule has 3 nitrogen and oxygen atoms in total. The van der Waals surface area contributed by atoms with Gasteiger partial charge in [0.1, 0.15) is 17.6 Å². The summed E-state index contributed by atoms with van der Waals surface area (Å²) in [6.45, 7) is 2.85. The second-order valence-electron chi connectivity index (χ2n) is 6.09. The van der Waals surface area contributed by atoms with Crippen molar-refractivity contribution < 1.29 is 14.3 Å². The molecule has 0 amide bonds. The smallest absolute Gasteiger partial charge is 0.132 e. The Morgan fingerprint density at radius 2 is 2.16 bits per heavy atom. The molecule has 0 aromatic carbocycles. The van der Waals surface area contributed by atoms with E-state index in [0.717, 1.165) is 50.2 Å². The van der Waals surface area contributed by atoms with Gasteiger partial charge in [-0.05, 0) is 43.7 Å². The molecule has 2 atom stereocenters. The Morgan fingerprint density at radius 3 is 2.84 bits per heavy atom. The Labute approximate surface area is 115 Å². The van der Waals surface area contributed by atoms with Gasteiger partial charge in [-0.25, -0.2) is 0 Å². The molecule has 1 aliphatic heterocycles. The van der Waals surface area contributed by atoms with Crippen molar-refractivity contribution in [2.75, 3.05) is 6.61 Å². The minimum absolute atomic E-state index is 0.0596. The molecule has 1 spiro atoms. The summed E-state index contributed by atoms with van der Waals surface area (Å²) < 4.78 is 11.7. The van der Waals surface area contributed by atoms with E-state index in [1.165, 1.54) is 12.8 Å². The predicted octanol–water partition coefficient (Wildman–Crippen LogP) is 3.61. The minimum atomic E-state index is -0.471. The molecule has 1 aliphatic carbocycles. The van der Waals surface area contributed by atoms with Crippen molar-refractivity contribution in [3.05, 3.63) is 23.7 Å². The molecule has 0 bridgehead atoms. The Kier molecular flexibility index (Phi) is 3.68.